The third-order valence-electron chi connectivity index (χ3n) is 4.94. The van der Waals surface area contributed by atoms with E-state index in [1.807, 2.05) is 39.0 Å². The minimum atomic E-state index is -3.86. The second-order valence-electron chi connectivity index (χ2n) is 7.35. The molecular weight excluding hydrogens is 428 g/mol. The molecule has 1 aromatic heterocycles. The molecule has 2 aromatic carbocycles. The average Bonchev–Trinajstić information content (AvgIpc) is 2.75. The molecule has 0 unspecified atom stereocenters. The fourth-order valence-electron chi connectivity index (χ4n) is 2.94. The van der Waals surface area contributed by atoms with Gasteiger partial charge in [-0.05, 0) is 74.7 Å². The number of nitrogens with zero attached hydrogens (tertiary/aromatic N) is 2. The van der Waals surface area contributed by atoms with E-state index in [1.165, 1.54) is 30.5 Å². The first kappa shape index (κ1) is 23.2. The number of aryl methyl sites for hydroxylation is 2. The van der Waals surface area contributed by atoms with E-state index in [0.717, 1.165) is 11.1 Å². The normalized spacial score (nSPS) is 12.1. The Morgan fingerprint density at radius 1 is 1.06 bits per heavy atom. The Morgan fingerprint density at radius 3 is 2.44 bits per heavy atom. The molecule has 0 aliphatic rings. The first-order valence-electron chi connectivity index (χ1n) is 10.2. The molecule has 0 spiro atoms. The minimum absolute atomic E-state index is 0.00300. The van der Waals surface area contributed by atoms with Crippen LogP contribution in [0.5, 0.6) is 5.75 Å². The molecule has 0 radical (unpaired) electrons. The lowest BCUT2D eigenvalue weighted by Gasteiger charge is -2.19. The van der Waals surface area contributed by atoms with Gasteiger partial charge in [0.05, 0.1) is 4.90 Å². The van der Waals surface area contributed by atoms with Crippen molar-refractivity contribution >= 4 is 27.6 Å². The first-order chi connectivity index (χ1) is 15.2. The van der Waals surface area contributed by atoms with Gasteiger partial charge < -0.3 is 10.1 Å². The zero-order valence-electron chi connectivity index (χ0n) is 18.4. The monoisotopic (exact) mass is 454 g/mol. The van der Waals surface area contributed by atoms with Crippen LogP contribution in [0.4, 0.5) is 11.6 Å². The summed E-state index contributed by atoms with van der Waals surface area (Å²) >= 11 is 0. The molecule has 0 saturated heterocycles. The summed E-state index contributed by atoms with van der Waals surface area (Å²) in [4.78, 5) is 20.7. The highest BCUT2D eigenvalue weighted by Gasteiger charge is 2.21. The molecule has 0 bridgehead atoms. The van der Waals surface area contributed by atoms with Crippen molar-refractivity contribution in [1.29, 1.82) is 0 Å². The molecule has 1 atom stereocenters. The van der Waals surface area contributed by atoms with Gasteiger partial charge in [-0.25, -0.2) is 23.1 Å². The van der Waals surface area contributed by atoms with Crippen LogP contribution in [0.2, 0.25) is 0 Å². The van der Waals surface area contributed by atoms with Gasteiger partial charge in [0.15, 0.2) is 6.10 Å². The van der Waals surface area contributed by atoms with Crippen LogP contribution in [-0.4, -0.2) is 30.4 Å². The fourth-order valence-corrected chi connectivity index (χ4v) is 3.90. The summed E-state index contributed by atoms with van der Waals surface area (Å²) in [6.45, 7) is 7.54. The van der Waals surface area contributed by atoms with E-state index in [0.29, 0.717) is 23.6 Å². The SMILES string of the molecule is CC[C@H](Oc1cccc(C)c1C)C(=O)Nc1ccc(S(=O)(=O)Nc2nccc(C)n2)cc1. The Bertz CT molecular complexity index is 1210. The fraction of sp³-hybridized carbons (Fsp3) is 0.261. The number of sulfonamides is 1. The third kappa shape index (κ3) is 5.61. The predicted octanol–water partition coefficient (Wildman–Crippen LogP) is 4.00. The molecule has 1 heterocycles. The van der Waals surface area contributed by atoms with Crippen LogP contribution in [0.3, 0.4) is 0 Å². The smallest absolute Gasteiger partial charge is 0.265 e. The van der Waals surface area contributed by atoms with Crippen molar-refractivity contribution in [3.05, 3.63) is 71.5 Å². The van der Waals surface area contributed by atoms with Gasteiger partial charge >= 0.3 is 0 Å². The van der Waals surface area contributed by atoms with Crippen molar-refractivity contribution in [3.8, 4) is 5.75 Å². The van der Waals surface area contributed by atoms with Crippen molar-refractivity contribution in [3.63, 3.8) is 0 Å². The largest absolute Gasteiger partial charge is 0.480 e. The number of ether oxygens (including phenoxy) is 1. The molecule has 2 N–H and O–H groups in total. The summed E-state index contributed by atoms with van der Waals surface area (Å²) in [5.41, 5.74) is 3.17. The number of amides is 1. The van der Waals surface area contributed by atoms with Crippen molar-refractivity contribution in [2.24, 2.45) is 0 Å². The van der Waals surface area contributed by atoms with Crippen LogP contribution < -0.4 is 14.8 Å². The number of benzene rings is 2. The zero-order chi connectivity index (χ0) is 23.3. The van der Waals surface area contributed by atoms with Crippen LogP contribution in [0.25, 0.3) is 0 Å². The number of carbonyl (C=O) groups is 1. The van der Waals surface area contributed by atoms with Gasteiger partial charge in [-0.1, -0.05) is 19.1 Å². The maximum absolute atomic E-state index is 12.7. The molecule has 1 amide bonds. The molecule has 0 saturated carbocycles. The molecule has 0 fully saturated rings. The van der Waals surface area contributed by atoms with Crippen LogP contribution >= 0.6 is 0 Å². The second kappa shape index (κ2) is 9.78. The summed E-state index contributed by atoms with van der Waals surface area (Å²) in [5, 5.41) is 2.78. The molecule has 3 rings (SSSR count). The number of hydrogen-bond donors (Lipinski definition) is 2. The Morgan fingerprint density at radius 2 is 1.78 bits per heavy atom. The number of anilines is 2. The second-order valence-corrected chi connectivity index (χ2v) is 9.04. The van der Waals surface area contributed by atoms with Crippen molar-refractivity contribution in [2.75, 3.05) is 10.0 Å². The standard InChI is InChI=1S/C23H26N4O4S/c1-5-20(31-21-8-6-7-15(2)17(21)4)22(28)26-18-9-11-19(12-10-18)32(29,30)27-23-24-14-13-16(3)25-23/h6-14,20H,5H2,1-4H3,(H,26,28)(H,24,25,27)/t20-/m0/s1. The Labute approximate surface area is 188 Å². The van der Waals surface area contributed by atoms with Crippen molar-refractivity contribution in [2.45, 2.75) is 45.1 Å². The highest BCUT2D eigenvalue weighted by Crippen LogP contribution is 2.23. The number of nitrogens with one attached hydrogen (secondary N) is 2. The minimum Gasteiger partial charge on any atom is -0.480 e. The van der Waals surface area contributed by atoms with Gasteiger partial charge in [-0.2, -0.15) is 0 Å². The maximum Gasteiger partial charge on any atom is 0.265 e. The highest BCUT2D eigenvalue weighted by molar-refractivity contribution is 7.92. The summed E-state index contributed by atoms with van der Waals surface area (Å²) in [5.74, 6) is 0.352. The molecule has 0 aliphatic heterocycles. The predicted molar refractivity (Wildman–Crippen MR) is 123 cm³/mol. The molecule has 0 aliphatic carbocycles. The topological polar surface area (TPSA) is 110 Å². The maximum atomic E-state index is 12.7. The molecule has 3 aromatic rings. The highest BCUT2D eigenvalue weighted by atomic mass is 32.2. The van der Waals surface area contributed by atoms with Gasteiger partial charge in [0.2, 0.25) is 5.95 Å². The number of hydrogen-bond acceptors (Lipinski definition) is 6. The quantitative estimate of drug-likeness (QED) is 0.532. The van der Waals surface area contributed by atoms with Crippen molar-refractivity contribution < 1.29 is 17.9 Å². The molecule has 32 heavy (non-hydrogen) atoms. The van der Waals surface area contributed by atoms with Gasteiger partial charge in [-0.15, -0.1) is 0 Å². The number of aromatic nitrogens is 2. The molecule has 8 nitrogen and oxygen atoms in total. The van der Waals surface area contributed by atoms with Gasteiger partial charge in [-0.3, -0.25) is 4.79 Å². The van der Waals surface area contributed by atoms with E-state index in [9.17, 15) is 13.2 Å². The first-order valence-corrected chi connectivity index (χ1v) is 11.6. The van der Waals surface area contributed by atoms with E-state index in [-0.39, 0.29) is 16.8 Å². The van der Waals surface area contributed by atoms with E-state index in [4.69, 9.17) is 4.74 Å². The van der Waals surface area contributed by atoms with Crippen LogP contribution in [0.1, 0.15) is 30.2 Å². The third-order valence-corrected chi connectivity index (χ3v) is 6.28. The lowest BCUT2D eigenvalue weighted by molar-refractivity contribution is -0.122. The van der Waals surface area contributed by atoms with Crippen LogP contribution in [0, 0.1) is 20.8 Å². The summed E-state index contributed by atoms with van der Waals surface area (Å²) in [6.07, 6.45) is 1.27. The van der Waals surface area contributed by atoms with E-state index in [1.54, 1.807) is 13.0 Å². The van der Waals surface area contributed by atoms with Crippen LogP contribution in [0.15, 0.2) is 59.6 Å². The van der Waals surface area contributed by atoms with Crippen LogP contribution in [-0.2, 0) is 14.8 Å². The van der Waals surface area contributed by atoms with Gasteiger partial charge in [0.25, 0.3) is 15.9 Å². The van der Waals surface area contributed by atoms with E-state index < -0.39 is 16.1 Å². The zero-order valence-corrected chi connectivity index (χ0v) is 19.2. The number of rotatable bonds is 8. The number of carbonyl (C=O) groups excluding carboxylic acids is 1. The lowest BCUT2D eigenvalue weighted by Crippen LogP contribution is -2.32. The Kier molecular flexibility index (Phi) is 7.09. The summed E-state index contributed by atoms with van der Waals surface area (Å²) in [7, 11) is -3.86. The summed E-state index contributed by atoms with van der Waals surface area (Å²) in [6, 6.07) is 13.2. The Balaban J connectivity index is 1.68. The molecule has 9 heteroatoms. The average molecular weight is 455 g/mol. The summed E-state index contributed by atoms with van der Waals surface area (Å²) < 4.78 is 33.4. The molecular formula is C23H26N4O4S. The van der Waals surface area contributed by atoms with Gasteiger partial charge in [0, 0.05) is 17.6 Å². The Hall–Kier alpha value is -3.46. The van der Waals surface area contributed by atoms with Gasteiger partial charge in [0.1, 0.15) is 5.75 Å². The van der Waals surface area contributed by atoms with E-state index in [2.05, 4.69) is 20.0 Å². The lowest BCUT2D eigenvalue weighted by atomic mass is 10.1. The van der Waals surface area contributed by atoms with Crippen molar-refractivity contribution in [1.82, 2.24) is 9.97 Å². The molecule has 168 valence electrons. The van der Waals surface area contributed by atoms with E-state index >= 15 is 0 Å².